The lowest BCUT2D eigenvalue weighted by Gasteiger charge is -2.07. The molecule has 0 aliphatic rings. The number of phenols is 1. The third-order valence-corrected chi connectivity index (χ3v) is 3.21. The van der Waals surface area contributed by atoms with Crippen LogP contribution in [0.3, 0.4) is 0 Å². The number of ether oxygens (including phenoxy) is 2. The van der Waals surface area contributed by atoms with Crippen LogP contribution in [0, 0.1) is 13.8 Å². The molecule has 6 nitrogen and oxygen atoms in total. The van der Waals surface area contributed by atoms with E-state index in [1.54, 1.807) is 18.2 Å². The van der Waals surface area contributed by atoms with Gasteiger partial charge >= 0.3 is 0 Å². The van der Waals surface area contributed by atoms with Crippen molar-refractivity contribution < 1.29 is 19.4 Å². The molecule has 6 heteroatoms. The molecule has 0 aliphatic carbocycles. The average molecular weight is 328 g/mol. The molecular weight excluding hydrogens is 308 g/mol. The highest BCUT2D eigenvalue weighted by molar-refractivity contribution is 5.86. The standard InChI is InChI=1S/C18H20N2O4/c1-12-7-13(2)9-15(8-12)24-11-17(21)20-19-10-14-5-4-6-16(23-3)18(14)22/h4-10,22H,11H2,1-3H3,(H,20,21)/b19-10+. The molecule has 2 rings (SSSR count). The highest BCUT2D eigenvalue weighted by Crippen LogP contribution is 2.27. The largest absolute Gasteiger partial charge is 0.504 e. The Balaban J connectivity index is 1.89. The molecule has 0 saturated heterocycles. The van der Waals surface area contributed by atoms with Gasteiger partial charge in [0.2, 0.25) is 0 Å². The van der Waals surface area contributed by atoms with E-state index in [0.29, 0.717) is 17.1 Å². The van der Waals surface area contributed by atoms with Gasteiger partial charge in [0, 0.05) is 5.56 Å². The van der Waals surface area contributed by atoms with Gasteiger partial charge in [0.05, 0.1) is 13.3 Å². The predicted octanol–water partition coefficient (Wildman–Crippen LogP) is 2.55. The van der Waals surface area contributed by atoms with Crippen LogP contribution in [0.5, 0.6) is 17.2 Å². The second-order valence-electron chi connectivity index (χ2n) is 5.30. The summed E-state index contributed by atoms with van der Waals surface area (Å²) in [7, 11) is 1.46. The summed E-state index contributed by atoms with van der Waals surface area (Å²) in [4.78, 5) is 11.7. The molecule has 0 aliphatic heterocycles. The Morgan fingerprint density at radius 3 is 2.62 bits per heavy atom. The summed E-state index contributed by atoms with van der Waals surface area (Å²) in [6.07, 6.45) is 1.34. The quantitative estimate of drug-likeness (QED) is 0.631. The molecule has 0 bridgehead atoms. The maximum absolute atomic E-state index is 11.7. The molecule has 126 valence electrons. The number of hydrogen-bond donors (Lipinski definition) is 2. The molecule has 0 spiro atoms. The van der Waals surface area contributed by atoms with Crippen molar-refractivity contribution in [3.63, 3.8) is 0 Å². The van der Waals surface area contributed by atoms with E-state index in [0.717, 1.165) is 11.1 Å². The lowest BCUT2D eigenvalue weighted by atomic mass is 10.1. The van der Waals surface area contributed by atoms with E-state index in [2.05, 4.69) is 10.5 Å². The van der Waals surface area contributed by atoms with Crippen LogP contribution in [0.1, 0.15) is 16.7 Å². The zero-order valence-electron chi connectivity index (χ0n) is 13.9. The van der Waals surface area contributed by atoms with Gasteiger partial charge in [0.1, 0.15) is 5.75 Å². The summed E-state index contributed by atoms with van der Waals surface area (Å²) in [5.41, 5.74) is 4.92. The Bertz CT molecular complexity index is 736. The second-order valence-corrected chi connectivity index (χ2v) is 5.30. The molecule has 0 saturated carbocycles. The molecule has 0 fully saturated rings. The minimum absolute atomic E-state index is 0.0375. The minimum Gasteiger partial charge on any atom is -0.504 e. The van der Waals surface area contributed by atoms with Crippen LogP contribution in [0.4, 0.5) is 0 Å². The van der Waals surface area contributed by atoms with Crippen LogP contribution in [0.15, 0.2) is 41.5 Å². The number of rotatable bonds is 6. The van der Waals surface area contributed by atoms with Gasteiger partial charge in [-0.2, -0.15) is 5.10 Å². The van der Waals surface area contributed by atoms with Crippen molar-refractivity contribution in [2.45, 2.75) is 13.8 Å². The number of carbonyl (C=O) groups excluding carboxylic acids is 1. The van der Waals surface area contributed by atoms with E-state index in [1.807, 2.05) is 32.0 Å². The van der Waals surface area contributed by atoms with Crippen molar-refractivity contribution in [3.8, 4) is 17.2 Å². The number of nitrogens with one attached hydrogen (secondary N) is 1. The predicted molar refractivity (Wildman–Crippen MR) is 91.8 cm³/mol. The van der Waals surface area contributed by atoms with Crippen LogP contribution in [-0.2, 0) is 4.79 Å². The number of hydrogen-bond acceptors (Lipinski definition) is 5. The molecule has 0 aromatic heterocycles. The highest BCUT2D eigenvalue weighted by Gasteiger charge is 2.06. The number of amides is 1. The Kier molecular flexibility index (Phi) is 5.78. The molecule has 0 heterocycles. The number of aryl methyl sites for hydroxylation is 2. The van der Waals surface area contributed by atoms with Crippen molar-refractivity contribution in [1.82, 2.24) is 5.43 Å². The topological polar surface area (TPSA) is 80.2 Å². The number of benzene rings is 2. The van der Waals surface area contributed by atoms with Crippen LogP contribution in [0.25, 0.3) is 0 Å². The lowest BCUT2D eigenvalue weighted by Crippen LogP contribution is -2.24. The second kappa shape index (κ2) is 8.01. The van der Waals surface area contributed by atoms with Gasteiger partial charge in [-0.15, -0.1) is 0 Å². The molecule has 0 unspecified atom stereocenters. The summed E-state index contributed by atoms with van der Waals surface area (Å²) >= 11 is 0. The maximum Gasteiger partial charge on any atom is 0.277 e. The SMILES string of the molecule is COc1cccc(/C=N/NC(=O)COc2cc(C)cc(C)c2)c1O. The summed E-state index contributed by atoms with van der Waals surface area (Å²) < 4.78 is 10.4. The van der Waals surface area contributed by atoms with Crippen molar-refractivity contribution in [2.24, 2.45) is 5.10 Å². The number of nitrogens with zero attached hydrogens (tertiary/aromatic N) is 1. The average Bonchev–Trinajstić information content (AvgIpc) is 2.54. The minimum atomic E-state index is -0.396. The molecule has 0 radical (unpaired) electrons. The first-order valence-corrected chi connectivity index (χ1v) is 7.38. The van der Waals surface area contributed by atoms with Crippen molar-refractivity contribution in [3.05, 3.63) is 53.1 Å². The molecular formula is C18H20N2O4. The Morgan fingerprint density at radius 1 is 1.25 bits per heavy atom. The molecule has 24 heavy (non-hydrogen) atoms. The van der Waals surface area contributed by atoms with Gasteiger partial charge < -0.3 is 14.6 Å². The van der Waals surface area contributed by atoms with Crippen LogP contribution in [-0.4, -0.2) is 30.9 Å². The number of methoxy groups -OCH3 is 1. The van der Waals surface area contributed by atoms with Crippen LogP contribution < -0.4 is 14.9 Å². The van der Waals surface area contributed by atoms with Gasteiger partial charge in [-0.3, -0.25) is 4.79 Å². The first-order chi connectivity index (χ1) is 11.5. The zero-order valence-corrected chi connectivity index (χ0v) is 13.9. The maximum atomic E-state index is 11.7. The summed E-state index contributed by atoms with van der Waals surface area (Å²) in [6.45, 7) is 3.78. The fourth-order valence-electron chi connectivity index (χ4n) is 2.18. The Morgan fingerprint density at radius 2 is 1.96 bits per heavy atom. The van der Waals surface area contributed by atoms with Gasteiger partial charge in [0.25, 0.3) is 5.91 Å². The third-order valence-electron chi connectivity index (χ3n) is 3.21. The van der Waals surface area contributed by atoms with E-state index >= 15 is 0 Å². The van der Waals surface area contributed by atoms with Gasteiger partial charge in [0.15, 0.2) is 18.1 Å². The zero-order chi connectivity index (χ0) is 17.5. The first kappa shape index (κ1) is 17.3. The summed E-state index contributed by atoms with van der Waals surface area (Å²) in [5.74, 6) is 0.540. The molecule has 2 aromatic carbocycles. The van der Waals surface area contributed by atoms with Crippen molar-refractivity contribution in [2.75, 3.05) is 13.7 Å². The third kappa shape index (κ3) is 4.74. The molecule has 1 amide bonds. The van der Waals surface area contributed by atoms with Gasteiger partial charge in [-0.1, -0.05) is 12.1 Å². The van der Waals surface area contributed by atoms with E-state index < -0.39 is 5.91 Å². The number of phenolic OH excluding ortho intramolecular Hbond substituents is 1. The fourth-order valence-corrected chi connectivity index (χ4v) is 2.18. The van der Waals surface area contributed by atoms with E-state index in [-0.39, 0.29) is 12.4 Å². The summed E-state index contributed by atoms with van der Waals surface area (Å²) in [6, 6.07) is 10.7. The Labute approximate surface area is 140 Å². The van der Waals surface area contributed by atoms with Crippen LogP contribution >= 0.6 is 0 Å². The van der Waals surface area contributed by atoms with Crippen LogP contribution in [0.2, 0.25) is 0 Å². The normalized spacial score (nSPS) is 10.6. The number of aromatic hydroxyl groups is 1. The fraction of sp³-hybridized carbons (Fsp3) is 0.222. The van der Waals surface area contributed by atoms with Crippen molar-refractivity contribution in [1.29, 1.82) is 0 Å². The molecule has 2 N–H and O–H groups in total. The van der Waals surface area contributed by atoms with E-state index in [9.17, 15) is 9.90 Å². The molecule has 0 atom stereocenters. The highest BCUT2D eigenvalue weighted by atomic mass is 16.5. The number of hydrazone groups is 1. The summed E-state index contributed by atoms with van der Waals surface area (Å²) in [5, 5.41) is 13.7. The number of carbonyl (C=O) groups is 1. The lowest BCUT2D eigenvalue weighted by molar-refractivity contribution is -0.123. The van der Waals surface area contributed by atoms with Crippen molar-refractivity contribution >= 4 is 12.1 Å². The Hall–Kier alpha value is -3.02. The number of para-hydroxylation sites is 1. The molecule has 2 aromatic rings. The smallest absolute Gasteiger partial charge is 0.277 e. The van der Waals surface area contributed by atoms with Gasteiger partial charge in [-0.05, 0) is 49.2 Å². The monoisotopic (exact) mass is 328 g/mol. The van der Waals surface area contributed by atoms with E-state index in [4.69, 9.17) is 9.47 Å². The first-order valence-electron chi connectivity index (χ1n) is 7.38. The van der Waals surface area contributed by atoms with Gasteiger partial charge in [-0.25, -0.2) is 5.43 Å². The van der Waals surface area contributed by atoms with E-state index in [1.165, 1.54) is 13.3 Å².